The third kappa shape index (κ3) is 1.15. The van der Waals surface area contributed by atoms with Gasteiger partial charge in [0.05, 0.1) is 0 Å². The van der Waals surface area contributed by atoms with Crippen LogP contribution in [0.1, 0.15) is 42.6 Å². The fourth-order valence-corrected chi connectivity index (χ4v) is 3.32. The van der Waals surface area contributed by atoms with Crippen molar-refractivity contribution in [3.05, 3.63) is 17.1 Å². The number of rotatable bonds is 2. The first-order chi connectivity index (χ1) is 6.79. The molecule has 0 aliphatic heterocycles. The Balaban J connectivity index is 1.66. The van der Waals surface area contributed by atoms with E-state index in [4.69, 9.17) is 0 Å². The van der Waals surface area contributed by atoms with Crippen LogP contribution in [0.5, 0.6) is 0 Å². The van der Waals surface area contributed by atoms with Gasteiger partial charge in [0.25, 0.3) is 0 Å². The lowest BCUT2D eigenvalue weighted by atomic mass is 9.51. The van der Waals surface area contributed by atoms with Crippen LogP contribution in [0.4, 0.5) is 0 Å². The maximum absolute atomic E-state index is 11.9. The van der Waals surface area contributed by atoms with E-state index >= 15 is 0 Å². The molecule has 3 heteroatoms. The smallest absolute Gasteiger partial charge is 0.185 e. The number of carbonyl (C=O) groups is 1. The molecule has 1 heterocycles. The van der Waals surface area contributed by atoms with Crippen molar-refractivity contribution in [3.8, 4) is 0 Å². The first-order valence-corrected chi connectivity index (χ1v) is 6.07. The number of nitrogens with zero attached hydrogens (tertiary/aromatic N) is 1. The number of Topliss-reactive ketones (excluding diaryl/α,β-unsaturated/α-hetero) is 1. The minimum Gasteiger partial charge on any atom is -0.292 e. The minimum absolute atomic E-state index is 0.281. The number of hydrogen-bond acceptors (Lipinski definition) is 3. The summed E-state index contributed by atoms with van der Waals surface area (Å²) in [5.74, 6) is 0.571. The average molecular weight is 207 g/mol. The van der Waals surface area contributed by atoms with E-state index < -0.39 is 0 Å². The van der Waals surface area contributed by atoms with Crippen LogP contribution in [0.3, 0.4) is 0 Å². The molecular formula is C11H13NOS. The van der Waals surface area contributed by atoms with Crippen molar-refractivity contribution in [2.75, 3.05) is 0 Å². The molecule has 2 nitrogen and oxygen atoms in total. The second-order valence-corrected chi connectivity index (χ2v) is 5.37. The van der Waals surface area contributed by atoms with Crippen molar-refractivity contribution < 1.29 is 4.79 Å². The predicted octanol–water partition coefficient (Wildman–Crippen LogP) is 2.91. The molecule has 0 bridgehead atoms. The quantitative estimate of drug-likeness (QED) is 0.698. The molecule has 0 aromatic carbocycles. The fourth-order valence-electron chi connectivity index (χ4n) is 2.80. The topological polar surface area (TPSA) is 30.0 Å². The summed E-state index contributed by atoms with van der Waals surface area (Å²) in [6.07, 6.45) is 6.34. The monoisotopic (exact) mass is 207 g/mol. The van der Waals surface area contributed by atoms with Crippen LogP contribution in [-0.4, -0.2) is 10.2 Å². The van der Waals surface area contributed by atoms with Crippen molar-refractivity contribution in [1.82, 2.24) is 4.37 Å². The van der Waals surface area contributed by atoms with Gasteiger partial charge in [0.2, 0.25) is 0 Å². The number of aromatic nitrogens is 1. The number of ketones is 1. The largest absolute Gasteiger partial charge is 0.292 e. The standard InChI is InChI=1S/C11H13NOS/c13-10(9-2-5-14-12-9)8-6-11(7-8)3-1-4-11/h2,5,8H,1,3-4,6-7H2. The molecule has 0 N–H and O–H groups in total. The fraction of sp³-hybridized carbons (Fsp3) is 0.636. The summed E-state index contributed by atoms with van der Waals surface area (Å²) >= 11 is 1.37. The highest BCUT2D eigenvalue weighted by Crippen LogP contribution is 2.59. The summed E-state index contributed by atoms with van der Waals surface area (Å²) < 4.78 is 4.10. The zero-order valence-corrected chi connectivity index (χ0v) is 8.85. The van der Waals surface area contributed by atoms with Crippen molar-refractivity contribution in [3.63, 3.8) is 0 Å². The first-order valence-electron chi connectivity index (χ1n) is 5.24. The molecule has 1 aromatic rings. The molecule has 0 unspecified atom stereocenters. The van der Waals surface area contributed by atoms with Gasteiger partial charge in [-0.2, -0.15) is 4.37 Å². The number of carbonyl (C=O) groups excluding carboxylic acids is 1. The molecule has 0 amide bonds. The summed E-state index contributed by atoms with van der Waals surface area (Å²) in [7, 11) is 0. The Labute approximate surface area is 87.5 Å². The average Bonchev–Trinajstić information content (AvgIpc) is 2.49. The summed E-state index contributed by atoms with van der Waals surface area (Å²) in [6, 6.07) is 1.85. The second kappa shape index (κ2) is 2.89. The van der Waals surface area contributed by atoms with Crippen LogP contribution < -0.4 is 0 Å². The molecule has 2 aliphatic rings. The third-order valence-electron chi connectivity index (χ3n) is 3.83. The molecule has 3 rings (SSSR count). The Kier molecular flexibility index (Phi) is 1.78. The van der Waals surface area contributed by atoms with Gasteiger partial charge in [0, 0.05) is 11.3 Å². The normalized spacial score (nSPS) is 24.3. The SMILES string of the molecule is O=C(c1ccsn1)C1CC2(CCC2)C1. The lowest BCUT2D eigenvalue weighted by Crippen LogP contribution is -2.45. The van der Waals surface area contributed by atoms with E-state index in [1.165, 1.54) is 30.8 Å². The molecule has 0 saturated heterocycles. The van der Waals surface area contributed by atoms with E-state index in [-0.39, 0.29) is 11.7 Å². The van der Waals surface area contributed by atoms with Gasteiger partial charge in [0.15, 0.2) is 5.78 Å². The van der Waals surface area contributed by atoms with E-state index in [0.717, 1.165) is 12.8 Å². The summed E-state index contributed by atoms with van der Waals surface area (Å²) in [5, 5.41) is 1.88. The Morgan fingerprint density at radius 3 is 2.79 bits per heavy atom. The van der Waals surface area contributed by atoms with Gasteiger partial charge in [-0.05, 0) is 48.7 Å². The maximum Gasteiger partial charge on any atom is 0.185 e. The van der Waals surface area contributed by atoms with Crippen molar-refractivity contribution in [1.29, 1.82) is 0 Å². The van der Waals surface area contributed by atoms with Crippen LogP contribution in [-0.2, 0) is 0 Å². The Hall–Kier alpha value is -0.700. The summed E-state index contributed by atoms with van der Waals surface area (Å²) in [6.45, 7) is 0. The second-order valence-electron chi connectivity index (χ2n) is 4.71. The first kappa shape index (κ1) is 8.60. The van der Waals surface area contributed by atoms with Crippen molar-refractivity contribution >= 4 is 17.3 Å². The van der Waals surface area contributed by atoms with Crippen molar-refractivity contribution in [2.24, 2.45) is 11.3 Å². The van der Waals surface area contributed by atoms with Crippen LogP contribution in [0, 0.1) is 11.3 Å². The molecule has 14 heavy (non-hydrogen) atoms. The molecule has 0 atom stereocenters. The van der Waals surface area contributed by atoms with Crippen LogP contribution in [0.25, 0.3) is 0 Å². The highest BCUT2D eigenvalue weighted by molar-refractivity contribution is 7.03. The maximum atomic E-state index is 11.9. The van der Waals surface area contributed by atoms with E-state index in [9.17, 15) is 4.79 Å². The Morgan fingerprint density at radius 2 is 2.29 bits per heavy atom. The molecule has 1 spiro atoms. The molecule has 2 aliphatic carbocycles. The van der Waals surface area contributed by atoms with Crippen LogP contribution in [0.15, 0.2) is 11.4 Å². The van der Waals surface area contributed by atoms with Gasteiger partial charge < -0.3 is 0 Å². The molecule has 0 radical (unpaired) electrons. The molecular weight excluding hydrogens is 194 g/mol. The predicted molar refractivity (Wildman–Crippen MR) is 55.5 cm³/mol. The van der Waals surface area contributed by atoms with Gasteiger partial charge in [-0.15, -0.1) is 0 Å². The van der Waals surface area contributed by atoms with Crippen LogP contribution >= 0.6 is 11.5 Å². The van der Waals surface area contributed by atoms with E-state index in [1.54, 1.807) is 0 Å². The zero-order valence-electron chi connectivity index (χ0n) is 8.03. The van der Waals surface area contributed by atoms with Gasteiger partial charge >= 0.3 is 0 Å². The van der Waals surface area contributed by atoms with Gasteiger partial charge in [0.1, 0.15) is 5.69 Å². The van der Waals surface area contributed by atoms with Crippen molar-refractivity contribution in [2.45, 2.75) is 32.1 Å². The van der Waals surface area contributed by atoms with E-state index in [2.05, 4.69) is 4.37 Å². The highest BCUT2D eigenvalue weighted by atomic mass is 32.1. The van der Waals surface area contributed by atoms with E-state index in [0.29, 0.717) is 11.1 Å². The van der Waals surface area contributed by atoms with E-state index in [1.807, 2.05) is 11.4 Å². The van der Waals surface area contributed by atoms with Gasteiger partial charge in [-0.3, -0.25) is 4.79 Å². The lowest BCUT2D eigenvalue weighted by molar-refractivity contribution is -0.0151. The Morgan fingerprint density at radius 1 is 1.50 bits per heavy atom. The minimum atomic E-state index is 0.281. The molecule has 74 valence electrons. The third-order valence-corrected chi connectivity index (χ3v) is 4.39. The molecule has 2 fully saturated rings. The van der Waals surface area contributed by atoms with Crippen LogP contribution in [0.2, 0.25) is 0 Å². The lowest BCUT2D eigenvalue weighted by Gasteiger charge is -2.53. The zero-order chi connectivity index (χ0) is 9.60. The van der Waals surface area contributed by atoms with Gasteiger partial charge in [-0.1, -0.05) is 6.42 Å². The Bertz CT molecular complexity index is 345. The number of hydrogen-bond donors (Lipinski definition) is 0. The summed E-state index contributed by atoms with van der Waals surface area (Å²) in [5.41, 5.74) is 1.28. The molecule has 1 aromatic heterocycles. The summed E-state index contributed by atoms with van der Waals surface area (Å²) in [4.78, 5) is 11.9. The van der Waals surface area contributed by atoms with Gasteiger partial charge in [-0.25, -0.2) is 0 Å². The highest BCUT2D eigenvalue weighted by Gasteiger charge is 2.50. The molecule has 2 saturated carbocycles.